The Bertz CT molecular complexity index is 2730. The van der Waals surface area contributed by atoms with Crippen molar-refractivity contribution >= 4 is 93.9 Å². The fraction of sp³-hybridized carbons (Fsp3) is 0. The lowest BCUT2D eigenvalue weighted by Gasteiger charge is -2.20. The van der Waals surface area contributed by atoms with E-state index >= 15 is 0 Å². The summed E-state index contributed by atoms with van der Waals surface area (Å²) >= 11 is 0. The number of carbonyl (C=O) groups excluding carboxylic acids is 2. The van der Waals surface area contributed by atoms with Crippen LogP contribution in [0.2, 0.25) is 0 Å². The molecule has 0 amide bonds. The highest BCUT2D eigenvalue weighted by molar-refractivity contribution is 7.91. The molecule has 0 spiro atoms. The van der Waals surface area contributed by atoms with Gasteiger partial charge >= 0.3 is 0 Å². The lowest BCUT2D eigenvalue weighted by atomic mass is 9.92. The van der Waals surface area contributed by atoms with Crippen molar-refractivity contribution in [2.24, 2.45) is 20.4 Å². The number of benzene rings is 4. The number of anilines is 3. The van der Waals surface area contributed by atoms with Crippen LogP contribution in [0, 0.1) is 0 Å². The average molecular weight is 778 g/mol. The minimum atomic E-state index is -5.11. The predicted molar refractivity (Wildman–Crippen MR) is 193 cm³/mol. The number of nitrogen functional groups attached to an aromatic ring is 1. The van der Waals surface area contributed by atoms with E-state index in [1.165, 1.54) is 48.6 Å². The van der Waals surface area contributed by atoms with Crippen LogP contribution in [-0.2, 0) is 35.1 Å². The summed E-state index contributed by atoms with van der Waals surface area (Å²) in [6.07, 6.45) is 3.33. The second kappa shape index (κ2) is 13.7. The van der Waals surface area contributed by atoms with E-state index in [0.717, 1.165) is 18.2 Å². The molecular weight excluding hydrogens is 755 g/mol. The number of ketones is 2. The van der Waals surface area contributed by atoms with E-state index in [1.54, 1.807) is 30.3 Å². The van der Waals surface area contributed by atoms with Crippen LogP contribution in [0.5, 0.6) is 0 Å². The molecule has 0 saturated carbocycles. The molecule has 0 saturated heterocycles. The Morgan fingerprint density at radius 3 is 1.91 bits per heavy atom. The fourth-order valence-corrected chi connectivity index (χ4v) is 6.95. The van der Waals surface area contributed by atoms with Crippen LogP contribution in [0.1, 0.15) is 27.0 Å². The van der Waals surface area contributed by atoms with Crippen molar-refractivity contribution < 1.29 is 48.5 Å². The maximum absolute atomic E-state index is 13.6. The lowest BCUT2D eigenvalue weighted by molar-refractivity contribution is -0.108. The zero-order valence-electron chi connectivity index (χ0n) is 26.4. The molecule has 21 heteroatoms. The van der Waals surface area contributed by atoms with Gasteiger partial charge in [-0.3, -0.25) is 34.1 Å². The second-order valence-corrected chi connectivity index (χ2v) is 15.3. The second-order valence-electron chi connectivity index (χ2n) is 11.1. The van der Waals surface area contributed by atoms with Crippen molar-refractivity contribution in [2.75, 3.05) is 16.6 Å². The third kappa shape index (κ3) is 7.69. The highest BCUT2D eigenvalue weighted by atomic mass is 32.2. The van der Waals surface area contributed by atoms with Gasteiger partial charge in [-0.2, -0.15) is 40.6 Å². The maximum atomic E-state index is 13.6. The molecule has 2 aliphatic rings. The molecule has 53 heavy (non-hydrogen) atoms. The van der Waals surface area contributed by atoms with E-state index in [4.69, 9.17) is 5.73 Å². The number of nitrogens with zero attached hydrogens (tertiary/aromatic N) is 4. The van der Waals surface area contributed by atoms with Gasteiger partial charge in [-0.1, -0.05) is 30.3 Å². The van der Waals surface area contributed by atoms with Crippen molar-refractivity contribution in [2.45, 2.75) is 9.79 Å². The van der Waals surface area contributed by atoms with Crippen LogP contribution in [0.4, 0.5) is 28.4 Å². The summed E-state index contributed by atoms with van der Waals surface area (Å²) in [4.78, 5) is 23.9. The normalized spacial score (nSPS) is 16.1. The van der Waals surface area contributed by atoms with Crippen LogP contribution in [0.25, 0.3) is 12.2 Å². The van der Waals surface area contributed by atoms with E-state index in [2.05, 4.69) is 31.3 Å². The summed E-state index contributed by atoms with van der Waals surface area (Å²) in [5.74, 6) is -1.61. The monoisotopic (exact) mass is 777 g/mol. The Balaban J connectivity index is 1.31. The van der Waals surface area contributed by atoms with Crippen molar-refractivity contribution in [3.8, 4) is 0 Å². The minimum absolute atomic E-state index is 0.0501. The van der Waals surface area contributed by atoms with Gasteiger partial charge in [0.25, 0.3) is 30.4 Å². The summed E-state index contributed by atoms with van der Waals surface area (Å²) in [5.41, 5.74) is 9.94. The number of carbonyl (C=O) groups is 2. The van der Waals surface area contributed by atoms with Gasteiger partial charge in [0.2, 0.25) is 11.6 Å². The zero-order valence-corrected chi connectivity index (χ0v) is 28.9. The summed E-state index contributed by atoms with van der Waals surface area (Å²) < 4.78 is 102. The molecule has 18 nitrogen and oxygen atoms in total. The number of rotatable bonds is 9. The molecule has 6 rings (SSSR count). The van der Waals surface area contributed by atoms with Crippen LogP contribution in [-0.4, -0.2) is 61.9 Å². The largest absolute Gasteiger partial charge is 0.396 e. The zero-order chi connectivity index (χ0) is 38.3. The predicted octanol–water partition coefficient (Wildman–Crippen LogP) is 4.48. The summed E-state index contributed by atoms with van der Waals surface area (Å²) in [6.45, 7) is 0. The first-order valence-electron chi connectivity index (χ1n) is 14.7. The number of hydrazone groups is 2. The number of nitrogens with one attached hydrogen (secondary N) is 2. The average Bonchev–Trinajstić information content (AvgIpc) is 3.09. The SMILES string of the molecule is Nc1c(N=Nc2ccc(NN=C3C(=O)C=Cc4cc(S(=O)(=O)O)ccc43)cc2)c(S(=O)(=O)O)cc2c1C(=O)C(=NNc1ccccc1)C(S(=O)(=O)O)=C2. The van der Waals surface area contributed by atoms with E-state index < -0.39 is 74.4 Å². The third-order valence-electron chi connectivity index (χ3n) is 7.57. The maximum Gasteiger partial charge on any atom is 0.296 e. The third-order valence-corrected chi connectivity index (χ3v) is 10.2. The van der Waals surface area contributed by atoms with E-state index in [1.807, 2.05) is 0 Å². The van der Waals surface area contributed by atoms with Crippen LogP contribution >= 0.6 is 0 Å². The van der Waals surface area contributed by atoms with E-state index in [0.29, 0.717) is 22.5 Å². The number of nitrogens with two attached hydrogens (primary N) is 1. The number of para-hydroxylation sites is 1. The summed E-state index contributed by atoms with van der Waals surface area (Å²) in [6, 6.07) is 18.2. The number of azo groups is 1. The Morgan fingerprint density at radius 2 is 1.28 bits per heavy atom. The standard InChI is InChI=1S/C32H23N7O11S3/c33-28-27-18(16-26(53(48,49)50)31(32(27)41)39-34-19-4-2-1-3-5-19)15-25(52(45,46)47)30(28)38-36-21-9-7-20(8-10-21)35-37-29-23-12-11-22(51(42,43)44)14-17(23)6-13-24(29)40/h1-16,34-35H,33H2,(H,42,43,44)(H,45,46,47)(H,48,49,50). The first kappa shape index (κ1) is 36.6. The number of Topliss-reactive ketones (excluding diaryl/α,β-unsaturated/α-hetero) is 1. The molecular formula is C32H23N7O11S3. The van der Waals surface area contributed by atoms with Gasteiger partial charge in [0.1, 0.15) is 21.2 Å². The molecule has 0 aromatic heterocycles. The smallest absolute Gasteiger partial charge is 0.296 e. The molecule has 4 aromatic rings. The molecule has 4 aromatic carbocycles. The molecule has 0 heterocycles. The van der Waals surface area contributed by atoms with Crippen molar-refractivity contribution in [3.63, 3.8) is 0 Å². The molecule has 0 bridgehead atoms. The van der Waals surface area contributed by atoms with Gasteiger partial charge < -0.3 is 5.73 Å². The Morgan fingerprint density at radius 1 is 0.642 bits per heavy atom. The highest BCUT2D eigenvalue weighted by Crippen LogP contribution is 2.41. The Kier molecular flexibility index (Phi) is 9.46. The van der Waals surface area contributed by atoms with E-state index in [9.17, 15) is 48.5 Å². The van der Waals surface area contributed by atoms with Gasteiger partial charge in [0.05, 0.1) is 33.2 Å². The number of fused-ring (bicyclic) bond motifs is 2. The topological polar surface area (TPSA) is 297 Å². The van der Waals surface area contributed by atoms with Gasteiger partial charge in [0, 0.05) is 5.56 Å². The van der Waals surface area contributed by atoms with Gasteiger partial charge in [-0.05, 0) is 77.9 Å². The highest BCUT2D eigenvalue weighted by Gasteiger charge is 2.37. The van der Waals surface area contributed by atoms with Crippen molar-refractivity contribution in [1.82, 2.24) is 0 Å². The molecule has 270 valence electrons. The minimum Gasteiger partial charge on any atom is -0.396 e. The van der Waals surface area contributed by atoms with Gasteiger partial charge in [-0.25, -0.2) is 0 Å². The first-order valence-corrected chi connectivity index (χ1v) is 19.0. The Hall–Kier alpha value is -6.23. The quantitative estimate of drug-likeness (QED) is 0.0591. The number of hydrogen-bond donors (Lipinski definition) is 6. The molecule has 2 aliphatic carbocycles. The summed E-state index contributed by atoms with van der Waals surface area (Å²) in [7, 11) is -14.7. The van der Waals surface area contributed by atoms with Crippen LogP contribution < -0.4 is 16.6 Å². The van der Waals surface area contributed by atoms with Crippen molar-refractivity contribution in [3.05, 3.63) is 112 Å². The summed E-state index contributed by atoms with van der Waals surface area (Å²) in [5, 5.41) is 15.8. The molecule has 7 N–H and O–H groups in total. The van der Waals surface area contributed by atoms with Crippen molar-refractivity contribution in [1.29, 1.82) is 0 Å². The number of hydrogen-bond acceptors (Lipinski definition) is 15. The van der Waals surface area contributed by atoms with Crippen LogP contribution in [0.15, 0.2) is 120 Å². The molecule has 0 aliphatic heterocycles. The van der Waals surface area contributed by atoms with Gasteiger partial charge in [-0.15, -0.1) is 5.11 Å². The Labute approximate surface area is 300 Å². The van der Waals surface area contributed by atoms with Gasteiger partial charge in [0.15, 0.2) is 5.71 Å². The lowest BCUT2D eigenvalue weighted by Crippen LogP contribution is -2.28. The van der Waals surface area contributed by atoms with E-state index in [-0.39, 0.29) is 21.9 Å². The molecule has 0 fully saturated rings. The molecule has 0 radical (unpaired) electrons. The first-order chi connectivity index (χ1) is 24.9. The fourth-order valence-electron chi connectivity index (χ4n) is 5.11. The van der Waals surface area contributed by atoms with Crippen LogP contribution in [0.3, 0.4) is 0 Å². The molecule has 0 atom stereocenters. The number of allylic oxidation sites excluding steroid dienone is 2. The molecule has 0 unspecified atom stereocenters.